The minimum atomic E-state index is 0.288. The minimum absolute atomic E-state index is 0.288. The summed E-state index contributed by atoms with van der Waals surface area (Å²) in [5, 5.41) is 0. The molecule has 0 spiro atoms. The quantitative estimate of drug-likeness (QED) is 0.737. The standard InChI is InChI=1S/C12H26N2/c1-10(13)11(2)14-8-5-6-12(3,4)7-9-14/h10-11H,5-9,13H2,1-4H3. The van der Waals surface area contributed by atoms with Gasteiger partial charge in [0.2, 0.25) is 0 Å². The van der Waals surface area contributed by atoms with Crippen LogP contribution in [0.15, 0.2) is 0 Å². The molecule has 2 N–H and O–H groups in total. The van der Waals surface area contributed by atoms with Crippen molar-refractivity contribution < 1.29 is 0 Å². The molecule has 0 aromatic carbocycles. The minimum Gasteiger partial charge on any atom is -0.327 e. The Morgan fingerprint density at radius 3 is 2.36 bits per heavy atom. The molecule has 0 saturated carbocycles. The van der Waals surface area contributed by atoms with Gasteiger partial charge in [-0.3, -0.25) is 4.90 Å². The molecule has 14 heavy (non-hydrogen) atoms. The Bertz CT molecular complexity index is 175. The van der Waals surface area contributed by atoms with Crippen molar-refractivity contribution in [2.24, 2.45) is 11.1 Å². The van der Waals surface area contributed by atoms with Gasteiger partial charge in [0.05, 0.1) is 0 Å². The SMILES string of the molecule is CC(N)C(C)N1CCCC(C)(C)CC1. The largest absolute Gasteiger partial charge is 0.327 e. The lowest BCUT2D eigenvalue weighted by Crippen LogP contribution is -2.44. The third-order valence-electron chi connectivity index (χ3n) is 3.71. The molecule has 1 heterocycles. The average Bonchev–Trinajstić information content (AvgIpc) is 2.25. The first kappa shape index (κ1) is 12.0. The third kappa shape index (κ3) is 3.25. The Morgan fingerprint density at radius 2 is 1.79 bits per heavy atom. The molecule has 1 rings (SSSR count). The fourth-order valence-electron chi connectivity index (χ4n) is 2.18. The fraction of sp³-hybridized carbons (Fsp3) is 1.00. The van der Waals surface area contributed by atoms with E-state index in [1.807, 2.05) is 0 Å². The average molecular weight is 198 g/mol. The Balaban J connectivity index is 2.50. The predicted molar refractivity (Wildman–Crippen MR) is 62.3 cm³/mol. The summed E-state index contributed by atoms with van der Waals surface area (Å²) in [5.41, 5.74) is 6.48. The van der Waals surface area contributed by atoms with Gasteiger partial charge >= 0.3 is 0 Å². The van der Waals surface area contributed by atoms with Crippen molar-refractivity contribution in [2.45, 2.75) is 59.0 Å². The summed E-state index contributed by atoms with van der Waals surface area (Å²) >= 11 is 0. The van der Waals surface area contributed by atoms with Crippen LogP contribution in [0.1, 0.15) is 47.0 Å². The molecule has 0 aromatic heterocycles. The molecule has 2 unspecified atom stereocenters. The normalized spacial score (nSPS) is 28.1. The molecule has 0 amide bonds. The fourth-order valence-corrected chi connectivity index (χ4v) is 2.18. The van der Waals surface area contributed by atoms with Crippen LogP contribution in [-0.4, -0.2) is 30.1 Å². The molecule has 1 saturated heterocycles. The van der Waals surface area contributed by atoms with Crippen LogP contribution in [0.25, 0.3) is 0 Å². The monoisotopic (exact) mass is 198 g/mol. The van der Waals surface area contributed by atoms with E-state index in [-0.39, 0.29) is 6.04 Å². The molecule has 2 nitrogen and oxygen atoms in total. The van der Waals surface area contributed by atoms with Gasteiger partial charge in [-0.05, 0) is 51.6 Å². The van der Waals surface area contributed by atoms with Crippen molar-refractivity contribution in [1.29, 1.82) is 0 Å². The maximum atomic E-state index is 5.94. The molecule has 1 aliphatic heterocycles. The van der Waals surface area contributed by atoms with E-state index in [2.05, 4.69) is 32.6 Å². The van der Waals surface area contributed by atoms with E-state index in [9.17, 15) is 0 Å². The molecule has 1 fully saturated rings. The first-order chi connectivity index (χ1) is 6.42. The highest BCUT2D eigenvalue weighted by atomic mass is 15.2. The molecule has 1 aliphatic rings. The third-order valence-corrected chi connectivity index (χ3v) is 3.71. The van der Waals surface area contributed by atoms with Crippen molar-refractivity contribution in [3.05, 3.63) is 0 Å². The van der Waals surface area contributed by atoms with E-state index in [0.29, 0.717) is 11.5 Å². The van der Waals surface area contributed by atoms with Gasteiger partial charge in [0.15, 0.2) is 0 Å². The Morgan fingerprint density at radius 1 is 1.14 bits per heavy atom. The van der Waals surface area contributed by atoms with Crippen LogP contribution in [0.3, 0.4) is 0 Å². The molecular weight excluding hydrogens is 172 g/mol. The zero-order valence-corrected chi connectivity index (χ0v) is 10.2. The Labute approximate surface area is 88.8 Å². The molecule has 2 atom stereocenters. The van der Waals surface area contributed by atoms with Gasteiger partial charge in [-0.1, -0.05) is 13.8 Å². The first-order valence-corrected chi connectivity index (χ1v) is 5.92. The summed E-state index contributed by atoms with van der Waals surface area (Å²) in [5.74, 6) is 0. The van der Waals surface area contributed by atoms with Gasteiger partial charge in [0.25, 0.3) is 0 Å². The highest BCUT2D eigenvalue weighted by molar-refractivity contribution is 4.81. The highest BCUT2D eigenvalue weighted by Gasteiger charge is 2.26. The van der Waals surface area contributed by atoms with Crippen LogP contribution in [0.4, 0.5) is 0 Å². The summed E-state index contributed by atoms with van der Waals surface area (Å²) in [4.78, 5) is 2.55. The van der Waals surface area contributed by atoms with Crippen molar-refractivity contribution in [1.82, 2.24) is 4.90 Å². The summed E-state index contributed by atoms with van der Waals surface area (Å²) in [6.07, 6.45) is 3.99. The number of rotatable bonds is 2. The van der Waals surface area contributed by atoms with Gasteiger partial charge in [-0.2, -0.15) is 0 Å². The zero-order chi connectivity index (χ0) is 10.8. The molecule has 0 bridgehead atoms. The van der Waals surface area contributed by atoms with Crippen LogP contribution in [0.5, 0.6) is 0 Å². The second-order valence-corrected chi connectivity index (χ2v) is 5.65. The number of nitrogens with zero attached hydrogens (tertiary/aromatic N) is 1. The van der Waals surface area contributed by atoms with E-state index in [4.69, 9.17) is 5.73 Å². The van der Waals surface area contributed by atoms with Gasteiger partial charge in [0.1, 0.15) is 0 Å². The van der Waals surface area contributed by atoms with E-state index >= 15 is 0 Å². The lowest BCUT2D eigenvalue weighted by molar-refractivity contribution is 0.188. The molecule has 2 heteroatoms. The van der Waals surface area contributed by atoms with Crippen LogP contribution in [0.2, 0.25) is 0 Å². The van der Waals surface area contributed by atoms with Gasteiger partial charge in [-0.25, -0.2) is 0 Å². The van der Waals surface area contributed by atoms with Crippen molar-refractivity contribution in [3.63, 3.8) is 0 Å². The smallest absolute Gasteiger partial charge is 0.0216 e. The summed E-state index contributed by atoms with van der Waals surface area (Å²) in [6, 6.07) is 0.820. The molecular formula is C12H26N2. The van der Waals surface area contributed by atoms with Crippen molar-refractivity contribution >= 4 is 0 Å². The van der Waals surface area contributed by atoms with E-state index in [0.717, 1.165) is 0 Å². The molecule has 84 valence electrons. The van der Waals surface area contributed by atoms with Gasteiger partial charge in [-0.15, -0.1) is 0 Å². The van der Waals surface area contributed by atoms with E-state index in [1.165, 1.54) is 32.4 Å². The van der Waals surface area contributed by atoms with Gasteiger partial charge in [0, 0.05) is 12.1 Å². The summed E-state index contributed by atoms with van der Waals surface area (Å²) in [7, 11) is 0. The number of likely N-dealkylation sites (tertiary alicyclic amines) is 1. The number of nitrogens with two attached hydrogens (primary N) is 1. The Hall–Kier alpha value is -0.0800. The lowest BCUT2D eigenvalue weighted by atomic mass is 9.85. The first-order valence-electron chi connectivity index (χ1n) is 5.92. The second-order valence-electron chi connectivity index (χ2n) is 5.65. The van der Waals surface area contributed by atoms with Crippen LogP contribution < -0.4 is 5.73 Å². The van der Waals surface area contributed by atoms with Crippen molar-refractivity contribution in [2.75, 3.05) is 13.1 Å². The number of hydrogen-bond acceptors (Lipinski definition) is 2. The van der Waals surface area contributed by atoms with Gasteiger partial charge < -0.3 is 5.73 Å². The van der Waals surface area contributed by atoms with E-state index in [1.54, 1.807) is 0 Å². The second kappa shape index (κ2) is 4.63. The zero-order valence-electron chi connectivity index (χ0n) is 10.2. The molecule has 0 radical (unpaired) electrons. The van der Waals surface area contributed by atoms with Crippen LogP contribution in [-0.2, 0) is 0 Å². The van der Waals surface area contributed by atoms with Crippen LogP contribution in [0, 0.1) is 5.41 Å². The van der Waals surface area contributed by atoms with Crippen LogP contribution >= 0.6 is 0 Å². The topological polar surface area (TPSA) is 29.3 Å². The number of hydrogen-bond donors (Lipinski definition) is 1. The maximum absolute atomic E-state index is 5.94. The maximum Gasteiger partial charge on any atom is 0.0216 e. The summed E-state index contributed by atoms with van der Waals surface area (Å²) in [6.45, 7) is 11.6. The van der Waals surface area contributed by atoms with E-state index < -0.39 is 0 Å². The summed E-state index contributed by atoms with van der Waals surface area (Å²) < 4.78 is 0. The molecule has 0 aliphatic carbocycles. The lowest BCUT2D eigenvalue weighted by Gasteiger charge is -2.31. The predicted octanol–water partition coefficient (Wildman–Crippen LogP) is 2.23. The highest BCUT2D eigenvalue weighted by Crippen LogP contribution is 2.30. The Kier molecular flexibility index (Phi) is 3.96. The van der Waals surface area contributed by atoms with Crippen molar-refractivity contribution in [3.8, 4) is 0 Å². The molecule has 0 aromatic rings.